The van der Waals surface area contributed by atoms with Gasteiger partial charge in [-0.1, -0.05) is 23.4 Å². The number of furan rings is 1. The van der Waals surface area contributed by atoms with E-state index >= 15 is 0 Å². The Bertz CT molecular complexity index is 890. The number of carbonyl (C=O) groups is 1. The maximum absolute atomic E-state index is 12.2. The first-order chi connectivity index (χ1) is 12.5. The molecule has 0 aliphatic carbocycles. The fourth-order valence-corrected chi connectivity index (χ4v) is 2.60. The van der Waals surface area contributed by atoms with Gasteiger partial charge in [-0.25, -0.2) is 0 Å². The van der Waals surface area contributed by atoms with Crippen LogP contribution in [0.25, 0.3) is 0 Å². The minimum Gasteiger partial charge on any atom is -0.483 e. The first kappa shape index (κ1) is 18.2. The van der Waals surface area contributed by atoms with Gasteiger partial charge in [0.25, 0.3) is 11.8 Å². The second-order valence-corrected chi connectivity index (χ2v) is 6.52. The third kappa shape index (κ3) is 4.51. The van der Waals surface area contributed by atoms with E-state index in [9.17, 15) is 4.79 Å². The number of carbonyl (C=O) groups excluding carboxylic acids is 1. The molecule has 2 aromatic heterocycles. The number of benzene rings is 1. The van der Waals surface area contributed by atoms with Crippen LogP contribution < -0.4 is 4.74 Å². The van der Waals surface area contributed by atoms with Crippen molar-refractivity contribution in [3.05, 3.63) is 64.1 Å². The van der Waals surface area contributed by atoms with E-state index in [-0.39, 0.29) is 18.3 Å². The number of likely N-dealkylation sites (N-methyl/N-ethyl adjacent to an activating group) is 1. The number of aryl methyl sites for hydroxylation is 1. The SMILES string of the molecule is Cc1ccccc1OCc1nc(CCN(C)C(=O)c2ccc(Br)o2)no1. The van der Waals surface area contributed by atoms with Gasteiger partial charge in [0.2, 0.25) is 0 Å². The number of ether oxygens (including phenoxy) is 1. The van der Waals surface area contributed by atoms with Crippen molar-refractivity contribution in [3.8, 4) is 5.75 Å². The predicted octanol–water partition coefficient (Wildman–Crippen LogP) is 3.63. The molecule has 0 radical (unpaired) electrons. The van der Waals surface area contributed by atoms with Gasteiger partial charge < -0.3 is 18.6 Å². The van der Waals surface area contributed by atoms with Crippen LogP contribution in [0.2, 0.25) is 0 Å². The molecule has 0 aliphatic heterocycles. The van der Waals surface area contributed by atoms with E-state index in [0.29, 0.717) is 29.4 Å². The summed E-state index contributed by atoms with van der Waals surface area (Å²) in [6, 6.07) is 11.0. The molecular weight excluding hydrogens is 402 g/mol. The van der Waals surface area contributed by atoms with E-state index < -0.39 is 0 Å². The Morgan fingerprint density at radius 1 is 1.27 bits per heavy atom. The number of hydrogen-bond acceptors (Lipinski definition) is 6. The van der Waals surface area contributed by atoms with Gasteiger partial charge in [-0.2, -0.15) is 4.98 Å². The Kier molecular flexibility index (Phi) is 5.72. The molecule has 1 amide bonds. The Hall–Kier alpha value is -2.61. The molecule has 0 spiro atoms. The smallest absolute Gasteiger partial charge is 0.289 e. The third-order valence-electron chi connectivity index (χ3n) is 3.76. The monoisotopic (exact) mass is 419 g/mol. The summed E-state index contributed by atoms with van der Waals surface area (Å²) < 4.78 is 16.7. The lowest BCUT2D eigenvalue weighted by Crippen LogP contribution is -2.28. The number of nitrogens with zero attached hydrogens (tertiary/aromatic N) is 3. The number of amides is 1. The topological polar surface area (TPSA) is 81.6 Å². The van der Waals surface area contributed by atoms with Crippen molar-refractivity contribution in [3.63, 3.8) is 0 Å². The van der Waals surface area contributed by atoms with Crippen LogP contribution in [0.5, 0.6) is 5.75 Å². The molecule has 0 unspecified atom stereocenters. The molecule has 1 aromatic carbocycles. The molecule has 0 atom stereocenters. The Balaban J connectivity index is 1.50. The highest BCUT2D eigenvalue weighted by Crippen LogP contribution is 2.18. The molecule has 0 aliphatic rings. The molecule has 0 saturated carbocycles. The molecule has 3 aromatic rings. The number of hydrogen-bond donors (Lipinski definition) is 0. The minimum absolute atomic E-state index is 0.201. The highest BCUT2D eigenvalue weighted by atomic mass is 79.9. The van der Waals surface area contributed by atoms with Gasteiger partial charge in [-0.3, -0.25) is 4.79 Å². The van der Waals surface area contributed by atoms with Crippen molar-refractivity contribution in [2.75, 3.05) is 13.6 Å². The molecule has 136 valence electrons. The van der Waals surface area contributed by atoms with E-state index in [2.05, 4.69) is 26.1 Å². The second kappa shape index (κ2) is 8.18. The van der Waals surface area contributed by atoms with Crippen molar-refractivity contribution in [2.45, 2.75) is 20.0 Å². The number of halogens is 1. The maximum Gasteiger partial charge on any atom is 0.289 e. The molecule has 7 nitrogen and oxygen atoms in total. The zero-order valence-corrected chi connectivity index (χ0v) is 16.0. The zero-order valence-electron chi connectivity index (χ0n) is 14.4. The summed E-state index contributed by atoms with van der Waals surface area (Å²) in [6.07, 6.45) is 0.470. The summed E-state index contributed by atoms with van der Waals surface area (Å²) >= 11 is 3.18. The van der Waals surface area contributed by atoms with Crippen LogP contribution in [0.15, 0.2) is 50.0 Å². The molecule has 0 N–H and O–H groups in total. The van der Waals surface area contributed by atoms with E-state index in [4.69, 9.17) is 13.7 Å². The van der Waals surface area contributed by atoms with E-state index in [1.165, 1.54) is 0 Å². The van der Waals surface area contributed by atoms with Gasteiger partial charge in [-0.15, -0.1) is 0 Å². The van der Waals surface area contributed by atoms with Crippen LogP contribution >= 0.6 is 15.9 Å². The summed E-state index contributed by atoms with van der Waals surface area (Å²) in [5.41, 5.74) is 1.04. The number of rotatable bonds is 7. The van der Waals surface area contributed by atoms with E-state index in [1.807, 2.05) is 31.2 Å². The Morgan fingerprint density at radius 2 is 2.08 bits per heavy atom. The van der Waals surface area contributed by atoms with Crippen LogP contribution in [0.4, 0.5) is 0 Å². The fourth-order valence-electron chi connectivity index (χ4n) is 2.29. The van der Waals surface area contributed by atoms with Crippen LogP contribution in [0.1, 0.15) is 27.8 Å². The van der Waals surface area contributed by atoms with E-state index in [1.54, 1.807) is 24.1 Å². The maximum atomic E-state index is 12.2. The molecule has 0 fully saturated rings. The van der Waals surface area contributed by atoms with Gasteiger partial charge in [0.15, 0.2) is 22.9 Å². The molecule has 2 heterocycles. The largest absolute Gasteiger partial charge is 0.483 e. The van der Waals surface area contributed by atoms with Crippen LogP contribution in [0, 0.1) is 6.92 Å². The Labute approximate surface area is 159 Å². The fraction of sp³-hybridized carbons (Fsp3) is 0.278. The average molecular weight is 420 g/mol. The third-order valence-corrected chi connectivity index (χ3v) is 4.18. The minimum atomic E-state index is -0.206. The van der Waals surface area contributed by atoms with Gasteiger partial charge in [0.1, 0.15) is 5.75 Å². The summed E-state index contributed by atoms with van der Waals surface area (Å²) in [4.78, 5) is 18.0. The molecule has 0 bridgehead atoms. The normalized spacial score (nSPS) is 10.7. The quantitative estimate of drug-likeness (QED) is 0.581. The molecule has 8 heteroatoms. The molecule has 3 rings (SSSR count). The van der Waals surface area contributed by atoms with Gasteiger partial charge >= 0.3 is 0 Å². The highest BCUT2D eigenvalue weighted by molar-refractivity contribution is 9.10. The van der Waals surface area contributed by atoms with Crippen molar-refractivity contribution in [2.24, 2.45) is 0 Å². The Morgan fingerprint density at radius 3 is 2.81 bits per heavy atom. The van der Waals surface area contributed by atoms with Crippen molar-refractivity contribution < 1.29 is 18.5 Å². The summed E-state index contributed by atoms with van der Waals surface area (Å²) in [5, 5.41) is 3.92. The lowest BCUT2D eigenvalue weighted by molar-refractivity contribution is 0.0763. The highest BCUT2D eigenvalue weighted by Gasteiger charge is 2.16. The standard InChI is InChI=1S/C18H18BrN3O4/c1-12-5-3-4-6-13(12)24-11-17-20-16(21-26-17)9-10-22(2)18(23)14-7-8-15(19)25-14/h3-8H,9-11H2,1-2H3. The number of para-hydroxylation sites is 1. The summed E-state index contributed by atoms with van der Waals surface area (Å²) in [7, 11) is 1.70. The number of aromatic nitrogens is 2. The van der Waals surface area contributed by atoms with E-state index in [0.717, 1.165) is 11.3 Å². The zero-order chi connectivity index (χ0) is 18.5. The van der Waals surface area contributed by atoms with Crippen LogP contribution in [0.3, 0.4) is 0 Å². The lowest BCUT2D eigenvalue weighted by atomic mass is 10.2. The lowest BCUT2D eigenvalue weighted by Gasteiger charge is -2.14. The van der Waals surface area contributed by atoms with Crippen molar-refractivity contribution >= 4 is 21.8 Å². The van der Waals surface area contributed by atoms with Gasteiger partial charge in [-0.05, 0) is 46.6 Å². The first-order valence-electron chi connectivity index (χ1n) is 8.03. The second-order valence-electron chi connectivity index (χ2n) is 5.74. The molecule has 0 saturated heterocycles. The van der Waals surface area contributed by atoms with Crippen molar-refractivity contribution in [1.29, 1.82) is 0 Å². The van der Waals surface area contributed by atoms with Gasteiger partial charge in [0.05, 0.1) is 0 Å². The van der Waals surface area contributed by atoms with Crippen molar-refractivity contribution in [1.82, 2.24) is 15.0 Å². The molecular formula is C18H18BrN3O4. The summed E-state index contributed by atoms with van der Waals surface area (Å²) in [5.74, 6) is 1.77. The first-order valence-corrected chi connectivity index (χ1v) is 8.83. The molecule has 26 heavy (non-hydrogen) atoms. The predicted molar refractivity (Wildman–Crippen MR) is 96.9 cm³/mol. The summed E-state index contributed by atoms with van der Waals surface area (Å²) in [6.45, 7) is 2.61. The average Bonchev–Trinajstić information content (AvgIpc) is 3.27. The van der Waals surface area contributed by atoms with Crippen LogP contribution in [-0.2, 0) is 13.0 Å². The van der Waals surface area contributed by atoms with Gasteiger partial charge in [0, 0.05) is 20.0 Å². The van der Waals surface area contributed by atoms with Crippen LogP contribution in [-0.4, -0.2) is 34.5 Å².